The van der Waals surface area contributed by atoms with Crippen LogP contribution in [0.25, 0.3) is 0 Å². The van der Waals surface area contributed by atoms with Crippen molar-refractivity contribution in [3.63, 3.8) is 0 Å². The molecule has 0 aliphatic carbocycles. The zero-order valence-electron chi connectivity index (χ0n) is 11.2. The molecule has 0 saturated heterocycles. The second-order valence-electron chi connectivity index (χ2n) is 4.83. The van der Waals surface area contributed by atoms with Crippen molar-refractivity contribution in [1.29, 1.82) is 0 Å². The maximum atomic E-state index is 14.2. The molecule has 1 nitrogen and oxygen atoms in total. The SMILES string of the molecule is C=S(=C)(CCC)Nc1ccc(F)c(C(C)C)c1F. The summed E-state index contributed by atoms with van der Waals surface area (Å²) in [6.07, 6.45) is 0.926. The molecular weight excluding hydrogens is 252 g/mol. The summed E-state index contributed by atoms with van der Waals surface area (Å²) in [6, 6.07) is 2.71. The Balaban J connectivity index is 3.17. The molecule has 1 rings (SSSR count). The van der Waals surface area contributed by atoms with Gasteiger partial charge >= 0.3 is 0 Å². The molecule has 0 fully saturated rings. The van der Waals surface area contributed by atoms with Gasteiger partial charge in [0.1, 0.15) is 5.82 Å². The maximum absolute atomic E-state index is 14.2. The fraction of sp³-hybridized carbons (Fsp3) is 0.429. The normalized spacial score (nSPS) is 11.9. The number of nitrogens with one attached hydrogen (secondary N) is 1. The molecule has 0 radical (unpaired) electrons. The van der Waals surface area contributed by atoms with Gasteiger partial charge < -0.3 is 4.72 Å². The fourth-order valence-electron chi connectivity index (χ4n) is 1.85. The molecule has 0 heterocycles. The predicted molar refractivity (Wildman–Crippen MR) is 81.1 cm³/mol. The molecule has 18 heavy (non-hydrogen) atoms. The summed E-state index contributed by atoms with van der Waals surface area (Å²) in [5, 5.41) is 0. The molecule has 0 bridgehead atoms. The number of rotatable bonds is 5. The average Bonchev–Trinajstić information content (AvgIpc) is 2.21. The minimum atomic E-state index is -1.57. The van der Waals surface area contributed by atoms with Crippen molar-refractivity contribution >= 4 is 26.8 Å². The maximum Gasteiger partial charge on any atom is 0.153 e. The van der Waals surface area contributed by atoms with Gasteiger partial charge in [0.25, 0.3) is 0 Å². The zero-order chi connectivity index (χ0) is 13.9. The molecule has 0 aromatic heterocycles. The molecule has 1 aromatic carbocycles. The predicted octanol–water partition coefficient (Wildman–Crippen LogP) is 4.49. The Morgan fingerprint density at radius 3 is 2.39 bits per heavy atom. The van der Waals surface area contributed by atoms with E-state index in [1.165, 1.54) is 12.1 Å². The van der Waals surface area contributed by atoms with Crippen LogP contribution in [0.3, 0.4) is 0 Å². The van der Waals surface area contributed by atoms with Gasteiger partial charge in [-0.3, -0.25) is 0 Å². The average molecular weight is 273 g/mol. The van der Waals surface area contributed by atoms with Crippen LogP contribution in [0.4, 0.5) is 14.5 Å². The Labute approximate surface area is 109 Å². The Hall–Kier alpha value is -1.03. The molecule has 1 N–H and O–H groups in total. The van der Waals surface area contributed by atoms with Crippen LogP contribution >= 0.6 is 9.39 Å². The lowest BCUT2D eigenvalue weighted by molar-refractivity contribution is 0.544. The van der Waals surface area contributed by atoms with Gasteiger partial charge in [0.2, 0.25) is 0 Å². The van der Waals surface area contributed by atoms with Crippen LogP contribution in [0.2, 0.25) is 0 Å². The van der Waals surface area contributed by atoms with Crippen molar-refractivity contribution in [3.8, 4) is 0 Å². The van der Waals surface area contributed by atoms with Gasteiger partial charge in [0.05, 0.1) is 5.69 Å². The topological polar surface area (TPSA) is 12.0 Å². The second kappa shape index (κ2) is 5.74. The van der Waals surface area contributed by atoms with Crippen LogP contribution in [0.15, 0.2) is 12.1 Å². The standard InChI is InChI=1S/C14H21F2NS/c1-6-9-18(4,5)17-12-8-7-11(15)13(10(2)3)14(12)16/h7-8,10,17H,4-6,9H2,1-3H3. The molecule has 102 valence electrons. The molecule has 0 spiro atoms. The summed E-state index contributed by atoms with van der Waals surface area (Å²) in [4.78, 5) is 0. The third kappa shape index (κ3) is 3.48. The highest BCUT2D eigenvalue weighted by molar-refractivity contribution is 8.28. The number of anilines is 1. The largest absolute Gasteiger partial charge is 0.339 e. The van der Waals surface area contributed by atoms with Gasteiger partial charge in [-0.25, -0.2) is 8.78 Å². The third-order valence-electron chi connectivity index (χ3n) is 2.63. The van der Waals surface area contributed by atoms with E-state index in [1.54, 1.807) is 13.8 Å². The van der Waals surface area contributed by atoms with E-state index in [0.717, 1.165) is 12.2 Å². The van der Waals surface area contributed by atoms with Crippen molar-refractivity contribution in [2.75, 3.05) is 10.5 Å². The van der Waals surface area contributed by atoms with Gasteiger partial charge in [-0.15, -0.1) is 9.39 Å². The van der Waals surface area contributed by atoms with E-state index in [-0.39, 0.29) is 11.5 Å². The molecule has 1 aromatic rings. The van der Waals surface area contributed by atoms with Gasteiger partial charge in [0, 0.05) is 5.56 Å². The lowest BCUT2D eigenvalue weighted by atomic mass is 10.0. The summed E-state index contributed by atoms with van der Waals surface area (Å²) in [5.74, 6) is 7.56. The molecule has 0 saturated carbocycles. The van der Waals surface area contributed by atoms with E-state index < -0.39 is 21.0 Å². The highest BCUT2D eigenvalue weighted by atomic mass is 32.2. The first kappa shape index (κ1) is 15.0. The van der Waals surface area contributed by atoms with Crippen LogP contribution < -0.4 is 4.72 Å². The smallest absolute Gasteiger partial charge is 0.153 e. The van der Waals surface area contributed by atoms with Crippen molar-refractivity contribution in [2.45, 2.75) is 33.1 Å². The van der Waals surface area contributed by atoms with Crippen LogP contribution in [0.5, 0.6) is 0 Å². The molecule has 0 atom stereocenters. The summed E-state index contributed by atoms with van der Waals surface area (Å²) >= 11 is 0. The van der Waals surface area contributed by atoms with E-state index >= 15 is 0 Å². The number of halogens is 2. The van der Waals surface area contributed by atoms with Gasteiger partial charge in [-0.1, -0.05) is 32.5 Å². The van der Waals surface area contributed by atoms with Gasteiger partial charge in [-0.05, 0) is 30.2 Å². The fourth-order valence-corrected chi connectivity index (χ4v) is 3.36. The third-order valence-corrected chi connectivity index (χ3v) is 4.47. The number of hydrogen-bond acceptors (Lipinski definition) is 1. The van der Waals surface area contributed by atoms with E-state index in [1.807, 2.05) is 6.92 Å². The first-order chi connectivity index (χ1) is 8.28. The van der Waals surface area contributed by atoms with Crippen molar-refractivity contribution in [3.05, 3.63) is 29.3 Å². The molecular formula is C14H21F2NS. The van der Waals surface area contributed by atoms with Crippen molar-refractivity contribution < 1.29 is 8.78 Å². The molecule has 0 aliphatic heterocycles. The molecule has 4 heteroatoms. The van der Waals surface area contributed by atoms with Gasteiger partial charge in [0.15, 0.2) is 5.82 Å². The minimum Gasteiger partial charge on any atom is -0.339 e. The van der Waals surface area contributed by atoms with E-state index in [2.05, 4.69) is 16.5 Å². The molecule has 0 unspecified atom stereocenters. The number of hydrogen-bond donors (Lipinski definition) is 1. The summed E-state index contributed by atoms with van der Waals surface area (Å²) in [5.41, 5.74) is 0.417. The second-order valence-corrected chi connectivity index (χ2v) is 7.53. The highest BCUT2D eigenvalue weighted by Gasteiger charge is 2.16. The van der Waals surface area contributed by atoms with Crippen LogP contribution in [0, 0.1) is 11.6 Å². The zero-order valence-corrected chi connectivity index (χ0v) is 12.0. The Bertz CT molecular complexity index is 519. The first-order valence-corrected chi connectivity index (χ1v) is 8.15. The molecule has 0 aliphatic rings. The van der Waals surface area contributed by atoms with Crippen LogP contribution in [0.1, 0.15) is 38.7 Å². The van der Waals surface area contributed by atoms with Crippen LogP contribution in [-0.2, 0) is 0 Å². The Morgan fingerprint density at radius 2 is 1.89 bits per heavy atom. The minimum absolute atomic E-state index is 0.117. The van der Waals surface area contributed by atoms with E-state index in [4.69, 9.17) is 0 Å². The van der Waals surface area contributed by atoms with Crippen LogP contribution in [-0.4, -0.2) is 17.5 Å². The van der Waals surface area contributed by atoms with Gasteiger partial charge in [-0.2, -0.15) is 0 Å². The quantitative estimate of drug-likeness (QED) is 0.779. The van der Waals surface area contributed by atoms with E-state index in [0.29, 0.717) is 5.69 Å². The lowest BCUT2D eigenvalue weighted by Gasteiger charge is -2.19. The first-order valence-electron chi connectivity index (χ1n) is 6.01. The summed E-state index contributed by atoms with van der Waals surface area (Å²) in [6.45, 7) is 5.57. The Morgan fingerprint density at radius 1 is 1.28 bits per heavy atom. The van der Waals surface area contributed by atoms with E-state index in [9.17, 15) is 8.78 Å². The monoisotopic (exact) mass is 273 g/mol. The molecule has 0 amide bonds. The number of benzene rings is 1. The Kier molecular flexibility index (Phi) is 4.79. The van der Waals surface area contributed by atoms with Crippen molar-refractivity contribution in [2.24, 2.45) is 0 Å². The van der Waals surface area contributed by atoms with Crippen molar-refractivity contribution in [1.82, 2.24) is 0 Å². The summed E-state index contributed by atoms with van der Waals surface area (Å²) < 4.78 is 30.8. The lowest BCUT2D eigenvalue weighted by Crippen LogP contribution is -2.05. The highest BCUT2D eigenvalue weighted by Crippen LogP contribution is 2.31. The summed E-state index contributed by atoms with van der Waals surface area (Å²) in [7, 11) is -1.57.